The summed E-state index contributed by atoms with van der Waals surface area (Å²) in [4.78, 5) is 11.1. The van der Waals surface area contributed by atoms with Crippen LogP contribution in [0.5, 0.6) is 11.5 Å². The van der Waals surface area contributed by atoms with Crippen molar-refractivity contribution in [3.8, 4) is 11.5 Å². The van der Waals surface area contributed by atoms with Crippen molar-refractivity contribution in [2.45, 2.75) is 12.5 Å². The topological polar surface area (TPSA) is 70.8 Å². The average Bonchev–Trinajstić information content (AvgIpc) is 2.37. The van der Waals surface area contributed by atoms with Gasteiger partial charge in [0, 0.05) is 6.04 Å². The average molecular weight is 276 g/mol. The van der Waals surface area contributed by atoms with Gasteiger partial charge in [0.05, 0.1) is 27.8 Å². The number of carbonyl (C=O) groups excluding carboxylic acids is 1. The van der Waals surface area contributed by atoms with E-state index in [-0.39, 0.29) is 24.8 Å². The van der Waals surface area contributed by atoms with E-state index in [2.05, 4.69) is 4.74 Å². The van der Waals surface area contributed by atoms with Gasteiger partial charge in [-0.15, -0.1) is 12.4 Å². The van der Waals surface area contributed by atoms with Gasteiger partial charge in [-0.1, -0.05) is 6.07 Å². The summed E-state index contributed by atoms with van der Waals surface area (Å²) in [5, 5.41) is 0. The first-order valence-electron chi connectivity index (χ1n) is 5.16. The van der Waals surface area contributed by atoms with Crippen molar-refractivity contribution in [1.82, 2.24) is 0 Å². The van der Waals surface area contributed by atoms with Crippen LogP contribution in [0.15, 0.2) is 18.2 Å². The summed E-state index contributed by atoms with van der Waals surface area (Å²) >= 11 is 0. The molecular formula is C12H18ClNO4. The summed E-state index contributed by atoms with van der Waals surface area (Å²) in [5.74, 6) is 0.874. The zero-order valence-corrected chi connectivity index (χ0v) is 11.5. The third-order valence-electron chi connectivity index (χ3n) is 2.45. The molecule has 0 aliphatic carbocycles. The molecule has 0 saturated carbocycles. The molecule has 1 aromatic rings. The molecule has 0 amide bonds. The molecule has 0 spiro atoms. The molecule has 0 saturated heterocycles. The van der Waals surface area contributed by atoms with Crippen molar-refractivity contribution in [3.05, 3.63) is 23.8 Å². The first-order valence-corrected chi connectivity index (χ1v) is 5.16. The van der Waals surface area contributed by atoms with E-state index in [1.807, 2.05) is 0 Å². The highest BCUT2D eigenvalue weighted by Gasteiger charge is 2.14. The fourth-order valence-electron chi connectivity index (χ4n) is 1.46. The molecule has 1 aromatic carbocycles. The molecule has 0 aliphatic rings. The molecule has 0 aliphatic heterocycles. The van der Waals surface area contributed by atoms with E-state index in [1.165, 1.54) is 7.11 Å². The number of hydrogen-bond donors (Lipinski definition) is 1. The van der Waals surface area contributed by atoms with E-state index in [4.69, 9.17) is 15.2 Å². The molecule has 2 N–H and O–H groups in total. The van der Waals surface area contributed by atoms with Gasteiger partial charge in [0.25, 0.3) is 0 Å². The number of ether oxygens (including phenoxy) is 3. The Morgan fingerprint density at radius 1 is 1.22 bits per heavy atom. The molecule has 18 heavy (non-hydrogen) atoms. The van der Waals surface area contributed by atoms with Crippen LogP contribution >= 0.6 is 12.4 Å². The van der Waals surface area contributed by atoms with Crippen molar-refractivity contribution < 1.29 is 19.0 Å². The lowest BCUT2D eigenvalue weighted by atomic mass is 10.0. The van der Waals surface area contributed by atoms with Crippen LogP contribution < -0.4 is 15.2 Å². The second-order valence-electron chi connectivity index (χ2n) is 3.50. The van der Waals surface area contributed by atoms with Gasteiger partial charge < -0.3 is 19.9 Å². The Morgan fingerprint density at radius 2 is 1.83 bits per heavy atom. The molecule has 0 heterocycles. The van der Waals surface area contributed by atoms with E-state index in [1.54, 1.807) is 32.4 Å². The van der Waals surface area contributed by atoms with Gasteiger partial charge in [-0.05, 0) is 17.7 Å². The Bertz CT molecular complexity index is 398. The molecule has 1 atom stereocenters. The van der Waals surface area contributed by atoms with Gasteiger partial charge in [0.1, 0.15) is 0 Å². The number of nitrogens with two attached hydrogens (primary N) is 1. The fraction of sp³-hybridized carbons (Fsp3) is 0.417. The second-order valence-corrected chi connectivity index (χ2v) is 3.50. The third-order valence-corrected chi connectivity index (χ3v) is 2.45. The summed E-state index contributed by atoms with van der Waals surface area (Å²) in [6.07, 6.45) is 0.131. The first-order chi connectivity index (χ1) is 8.12. The number of hydrogen-bond acceptors (Lipinski definition) is 5. The standard InChI is InChI=1S/C12H17NO4.ClH/c1-15-10-5-4-8(6-11(10)16-2)9(13)7-12(14)17-3;/h4-6,9H,7,13H2,1-3H3;1H/t9-;/m0./s1. The molecule has 102 valence electrons. The molecule has 0 aromatic heterocycles. The summed E-state index contributed by atoms with van der Waals surface area (Å²) < 4.78 is 14.8. The second kappa shape index (κ2) is 7.79. The zero-order chi connectivity index (χ0) is 12.8. The summed E-state index contributed by atoms with van der Waals surface area (Å²) in [5.41, 5.74) is 6.69. The lowest BCUT2D eigenvalue weighted by Crippen LogP contribution is -2.16. The summed E-state index contributed by atoms with van der Waals surface area (Å²) in [6, 6.07) is 4.90. The number of carbonyl (C=O) groups is 1. The van der Waals surface area contributed by atoms with Gasteiger partial charge in [0.15, 0.2) is 11.5 Å². The highest BCUT2D eigenvalue weighted by molar-refractivity contribution is 5.85. The molecular weight excluding hydrogens is 258 g/mol. The van der Waals surface area contributed by atoms with Crippen LogP contribution in [0.3, 0.4) is 0 Å². The van der Waals surface area contributed by atoms with Crippen LogP contribution in [0, 0.1) is 0 Å². The maximum Gasteiger partial charge on any atom is 0.307 e. The minimum atomic E-state index is -0.415. The van der Waals surface area contributed by atoms with Crippen LogP contribution in [-0.2, 0) is 9.53 Å². The summed E-state index contributed by atoms with van der Waals surface area (Å²) in [6.45, 7) is 0. The molecule has 5 nitrogen and oxygen atoms in total. The van der Waals surface area contributed by atoms with E-state index in [0.29, 0.717) is 11.5 Å². The highest BCUT2D eigenvalue weighted by atomic mass is 35.5. The van der Waals surface area contributed by atoms with E-state index in [9.17, 15) is 4.79 Å². The molecule has 6 heteroatoms. The SMILES string of the molecule is COC(=O)C[C@H](N)c1ccc(OC)c(OC)c1.Cl. The van der Waals surface area contributed by atoms with Crippen molar-refractivity contribution in [2.75, 3.05) is 21.3 Å². The largest absolute Gasteiger partial charge is 0.493 e. The Hall–Kier alpha value is -1.46. The van der Waals surface area contributed by atoms with Crippen LogP contribution in [0.4, 0.5) is 0 Å². The number of esters is 1. The number of benzene rings is 1. The van der Waals surface area contributed by atoms with E-state index < -0.39 is 6.04 Å². The minimum Gasteiger partial charge on any atom is -0.493 e. The van der Waals surface area contributed by atoms with Crippen LogP contribution in [0.25, 0.3) is 0 Å². The molecule has 0 fully saturated rings. The quantitative estimate of drug-likeness (QED) is 0.828. The van der Waals surface area contributed by atoms with Gasteiger partial charge >= 0.3 is 5.97 Å². The van der Waals surface area contributed by atoms with Crippen LogP contribution in [0.1, 0.15) is 18.0 Å². The molecule has 0 bridgehead atoms. The lowest BCUT2D eigenvalue weighted by molar-refractivity contribution is -0.141. The molecule has 0 radical (unpaired) electrons. The predicted molar refractivity (Wildman–Crippen MR) is 70.4 cm³/mol. The third kappa shape index (κ3) is 4.09. The Labute approximate surface area is 113 Å². The predicted octanol–water partition coefficient (Wildman–Crippen LogP) is 1.69. The van der Waals surface area contributed by atoms with Gasteiger partial charge in [-0.25, -0.2) is 0 Å². The first kappa shape index (κ1) is 16.5. The van der Waals surface area contributed by atoms with Crippen molar-refractivity contribution in [3.63, 3.8) is 0 Å². The highest BCUT2D eigenvalue weighted by Crippen LogP contribution is 2.30. The molecule has 1 rings (SSSR count). The maximum absolute atomic E-state index is 11.1. The smallest absolute Gasteiger partial charge is 0.307 e. The Balaban J connectivity index is 0.00000289. The van der Waals surface area contributed by atoms with Gasteiger partial charge in [0.2, 0.25) is 0 Å². The number of methoxy groups -OCH3 is 3. The van der Waals surface area contributed by atoms with Crippen molar-refractivity contribution in [2.24, 2.45) is 5.73 Å². The number of halogens is 1. The van der Waals surface area contributed by atoms with E-state index in [0.717, 1.165) is 5.56 Å². The van der Waals surface area contributed by atoms with Gasteiger partial charge in [-0.2, -0.15) is 0 Å². The minimum absolute atomic E-state index is 0. The normalized spacial score (nSPS) is 11.1. The summed E-state index contributed by atoms with van der Waals surface area (Å²) in [7, 11) is 4.45. The lowest BCUT2D eigenvalue weighted by Gasteiger charge is -2.13. The zero-order valence-electron chi connectivity index (χ0n) is 10.6. The van der Waals surface area contributed by atoms with Crippen molar-refractivity contribution in [1.29, 1.82) is 0 Å². The Kier molecular flexibility index (Phi) is 7.16. The fourth-order valence-corrected chi connectivity index (χ4v) is 1.46. The van der Waals surface area contributed by atoms with E-state index >= 15 is 0 Å². The maximum atomic E-state index is 11.1. The van der Waals surface area contributed by atoms with Crippen molar-refractivity contribution >= 4 is 18.4 Å². The van der Waals surface area contributed by atoms with Crippen LogP contribution in [-0.4, -0.2) is 27.3 Å². The number of rotatable bonds is 5. The molecule has 0 unspecified atom stereocenters. The Morgan fingerprint density at radius 3 is 2.33 bits per heavy atom. The van der Waals surface area contributed by atoms with Gasteiger partial charge in [-0.3, -0.25) is 4.79 Å². The monoisotopic (exact) mass is 275 g/mol. The van der Waals surface area contributed by atoms with Crippen LogP contribution in [0.2, 0.25) is 0 Å².